The van der Waals surface area contributed by atoms with Gasteiger partial charge in [-0.15, -0.1) is 0 Å². The van der Waals surface area contributed by atoms with Gasteiger partial charge in [-0.3, -0.25) is 9.59 Å². The van der Waals surface area contributed by atoms with E-state index in [1.54, 1.807) is 38.3 Å². The minimum atomic E-state index is -0.319. The number of anilines is 1. The number of ether oxygens (including phenoxy) is 1. The first kappa shape index (κ1) is 15.8. The fourth-order valence-electron chi connectivity index (χ4n) is 2.74. The molecule has 0 atom stereocenters. The van der Waals surface area contributed by atoms with Crippen molar-refractivity contribution >= 4 is 22.5 Å². The van der Waals surface area contributed by atoms with Crippen molar-refractivity contribution in [1.29, 1.82) is 0 Å². The smallest absolute Gasteiger partial charge is 0.260 e. The first-order chi connectivity index (χ1) is 11.5. The summed E-state index contributed by atoms with van der Waals surface area (Å²) in [6.45, 7) is 1.70. The van der Waals surface area contributed by atoms with Gasteiger partial charge in [-0.25, -0.2) is 4.57 Å². The van der Waals surface area contributed by atoms with Crippen molar-refractivity contribution in [2.24, 2.45) is 0 Å². The summed E-state index contributed by atoms with van der Waals surface area (Å²) in [4.78, 5) is 25.3. The van der Waals surface area contributed by atoms with E-state index in [9.17, 15) is 9.59 Å². The van der Waals surface area contributed by atoms with Crippen LogP contribution in [-0.2, 0) is 6.42 Å². The van der Waals surface area contributed by atoms with Crippen molar-refractivity contribution in [3.05, 3.63) is 70.0 Å². The van der Waals surface area contributed by atoms with E-state index in [-0.39, 0.29) is 17.9 Å². The predicted octanol–water partition coefficient (Wildman–Crippen LogP) is 2.78. The molecule has 5 heteroatoms. The van der Waals surface area contributed by atoms with Gasteiger partial charge in [-0.2, -0.15) is 0 Å². The van der Waals surface area contributed by atoms with Crippen molar-refractivity contribution in [2.45, 2.75) is 13.3 Å². The van der Waals surface area contributed by atoms with Crippen molar-refractivity contribution in [3.8, 4) is 5.75 Å². The molecule has 0 bridgehead atoms. The Morgan fingerprint density at radius 3 is 2.71 bits per heavy atom. The summed E-state index contributed by atoms with van der Waals surface area (Å²) in [6.07, 6.45) is 0.102. The van der Waals surface area contributed by atoms with Gasteiger partial charge < -0.3 is 10.5 Å². The molecule has 2 aromatic carbocycles. The molecule has 0 fully saturated rings. The summed E-state index contributed by atoms with van der Waals surface area (Å²) in [5.74, 6) is 0.374. The topological polar surface area (TPSA) is 74.3 Å². The fraction of sp³-hybridized carbons (Fsp3) is 0.158. The summed E-state index contributed by atoms with van der Waals surface area (Å²) in [7, 11) is 1.57. The Balaban J connectivity index is 2.10. The third-order valence-electron chi connectivity index (χ3n) is 3.95. The molecule has 24 heavy (non-hydrogen) atoms. The second-order valence-corrected chi connectivity index (χ2v) is 5.71. The van der Waals surface area contributed by atoms with Crippen LogP contribution in [0.1, 0.15) is 15.9 Å². The maximum absolute atomic E-state index is 12.8. The summed E-state index contributed by atoms with van der Waals surface area (Å²) in [5.41, 5.74) is 7.85. The highest BCUT2D eigenvalue weighted by Crippen LogP contribution is 2.18. The van der Waals surface area contributed by atoms with E-state index >= 15 is 0 Å². The van der Waals surface area contributed by atoms with Crippen LogP contribution in [0.3, 0.4) is 0 Å². The Labute approximate surface area is 139 Å². The Bertz CT molecular complexity index is 990. The number of fused-ring (bicyclic) bond motifs is 1. The molecule has 3 aromatic rings. The Morgan fingerprint density at radius 2 is 1.96 bits per heavy atom. The highest BCUT2D eigenvalue weighted by atomic mass is 16.5. The molecule has 5 nitrogen and oxygen atoms in total. The molecule has 0 aliphatic rings. The lowest BCUT2D eigenvalue weighted by molar-refractivity contribution is 0.0915. The van der Waals surface area contributed by atoms with Crippen LogP contribution in [-0.4, -0.2) is 17.6 Å². The zero-order valence-electron chi connectivity index (χ0n) is 13.6. The highest BCUT2D eigenvalue weighted by molar-refractivity contribution is 5.93. The van der Waals surface area contributed by atoms with Crippen LogP contribution in [0.2, 0.25) is 0 Å². The largest absolute Gasteiger partial charge is 0.497 e. The Hall–Kier alpha value is -3.08. The number of nitrogen functional groups attached to an aromatic ring is 1. The summed E-state index contributed by atoms with van der Waals surface area (Å²) in [5, 5.41) is 0.806. The number of hydrogen-bond acceptors (Lipinski definition) is 4. The molecule has 3 rings (SSSR count). The van der Waals surface area contributed by atoms with Crippen molar-refractivity contribution in [2.75, 3.05) is 12.8 Å². The zero-order valence-corrected chi connectivity index (χ0v) is 13.6. The first-order valence-electron chi connectivity index (χ1n) is 7.57. The Morgan fingerprint density at radius 1 is 1.17 bits per heavy atom. The number of pyridine rings is 1. The van der Waals surface area contributed by atoms with E-state index in [4.69, 9.17) is 10.5 Å². The summed E-state index contributed by atoms with van der Waals surface area (Å²) in [6, 6.07) is 14.2. The lowest BCUT2D eigenvalue weighted by Crippen LogP contribution is -2.29. The number of benzene rings is 2. The molecule has 0 amide bonds. The minimum Gasteiger partial charge on any atom is -0.497 e. The van der Waals surface area contributed by atoms with E-state index in [1.807, 2.05) is 24.3 Å². The third kappa shape index (κ3) is 2.88. The van der Waals surface area contributed by atoms with Gasteiger partial charge in [0, 0.05) is 11.3 Å². The SMILES string of the molecule is COc1cccc(CC(=O)n2c(=O)c(C)cc3ccc(N)cc32)c1. The normalized spacial score (nSPS) is 10.8. The van der Waals surface area contributed by atoms with Crippen LogP contribution in [0.25, 0.3) is 10.9 Å². The molecule has 0 radical (unpaired) electrons. The van der Waals surface area contributed by atoms with E-state index in [2.05, 4.69) is 0 Å². The molecule has 0 spiro atoms. The fourth-order valence-corrected chi connectivity index (χ4v) is 2.74. The number of aryl methyl sites for hydroxylation is 1. The van der Waals surface area contributed by atoms with Gasteiger partial charge in [0.05, 0.1) is 19.0 Å². The number of hydrogen-bond donors (Lipinski definition) is 1. The van der Waals surface area contributed by atoms with E-state index in [1.165, 1.54) is 4.57 Å². The molecular formula is C19H18N2O3. The number of carbonyl (C=O) groups is 1. The van der Waals surface area contributed by atoms with Gasteiger partial charge in [-0.05, 0) is 48.2 Å². The number of methoxy groups -OCH3 is 1. The minimum absolute atomic E-state index is 0.102. The van der Waals surface area contributed by atoms with Gasteiger partial charge >= 0.3 is 0 Å². The van der Waals surface area contributed by atoms with Gasteiger partial charge in [0.2, 0.25) is 5.91 Å². The zero-order chi connectivity index (χ0) is 17.3. The molecule has 0 saturated carbocycles. The van der Waals surface area contributed by atoms with Crippen molar-refractivity contribution in [3.63, 3.8) is 0 Å². The van der Waals surface area contributed by atoms with Gasteiger partial charge in [0.1, 0.15) is 5.75 Å². The molecule has 1 aromatic heterocycles. The second kappa shape index (κ2) is 6.20. The lowest BCUT2D eigenvalue weighted by Gasteiger charge is -2.11. The number of nitrogens with zero attached hydrogens (tertiary/aromatic N) is 1. The predicted molar refractivity (Wildman–Crippen MR) is 94.7 cm³/mol. The molecule has 0 unspecified atom stereocenters. The molecular weight excluding hydrogens is 304 g/mol. The molecule has 122 valence electrons. The maximum Gasteiger partial charge on any atom is 0.260 e. The van der Waals surface area contributed by atoms with E-state index in [0.29, 0.717) is 22.5 Å². The van der Waals surface area contributed by atoms with Crippen LogP contribution in [0.5, 0.6) is 5.75 Å². The van der Waals surface area contributed by atoms with Crippen molar-refractivity contribution < 1.29 is 9.53 Å². The number of nitrogens with two attached hydrogens (primary N) is 1. The van der Waals surface area contributed by atoms with Crippen LogP contribution >= 0.6 is 0 Å². The molecule has 0 saturated heterocycles. The monoisotopic (exact) mass is 322 g/mol. The van der Waals surface area contributed by atoms with Crippen LogP contribution in [0.15, 0.2) is 53.3 Å². The summed E-state index contributed by atoms with van der Waals surface area (Å²) >= 11 is 0. The third-order valence-corrected chi connectivity index (χ3v) is 3.95. The average molecular weight is 322 g/mol. The standard InChI is InChI=1S/C19H18N2O3/c1-12-8-14-6-7-15(20)11-17(14)21(19(12)23)18(22)10-13-4-3-5-16(9-13)24-2/h3-9,11H,10,20H2,1-2H3. The van der Waals surface area contributed by atoms with E-state index in [0.717, 1.165) is 10.9 Å². The molecule has 2 N–H and O–H groups in total. The van der Waals surface area contributed by atoms with Crippen LogP contribution < -0.4 is 16.0 Å². The summed E-state index contributed by atoms with van der Waals surface area (Å²) < 4.78 is 6.38. The van der Waals surface area contributed by atoms with Crippen LogP contribution in [0.4, 0.5) is 5.69 Å². The second-order valence-electron chi connectivity index (χ2n) is 5.71. The van der Waals surface area contributed by atoms with Gasteiger partial charge in [0.25, 0.3) is 5.56 Å². The molecule has 0 aliphatic heterocycles. The number of aromatic nitrogens is 1. The quantitative estimate of drug-likeness (QED) is 0.753. The highest BCUT2D eigenvalue weighted by Gasteiger charge is 2.14. The van der Waals surface area contributed by atoms with Crippen LogP contribution in [0, 0.1) is 6.92 Å². The maximum atomic E-state index is 12.8. The number of carbonyl (C=O) groups excluding carboxylic acids is 1. The van der Waals surface area contributed by atoms with Crippen molar-refractivity contribution in [1.82, 2.24) is 4.57 Å². The van der Waals surface area contributed by atoms with Gasteiger partial charge in [-0.1, -0.05) is 18.2 Å². The molecule has 0 aliphatic carbocycles. The van der Waals surface area contributed by atoms with Gasteiger partial charge in [0.15, 0.2) is 0 Å². The first-order valence-corrected chi connectivity index (χ1v) is 7.57. The Kier molecular flexibility index (Phi) is 4.08. The number of rotatable bonds is 3. The lowest BCUT2D eigenvalue weighted by atomic mass is 10.1. The molecule has 1 heterocycles. The van der Waals surface area contributed by atoms with E-state index < -0.39 is 0 Å². The average Bonchev–Trinajstić information content (AvgIpc) is 2.56.